The number of benzene rings is 8. The predicted octanol–water partition coefficient (Wildman–Crippen LogP) is 19.5. The molecular weight excluding hydrogens is 2230 g/mol. The van der Waals surface area contributed by atoms with Gasteiger partial charge in [-0.3, -0.25) is 0 Å². The minimum absolute atomic E-state index is 0. The molecule has 16 heteroatoms. The van der Waals surface area contributed by atoms with Crippen molar-refractivity contribution < 1.29 is 213 Å². The van der Waals surface area contributed by atoms with E-state index in [-0.39, 0.29) is 203 Å². The van der Waals surface area contributed by atoms with Crippen LogP contribution in [0.25, 0.3) is 0 Å². The monoisotopic (exact) mass is 2310 g/mol. The summed E-state index contributed by atoms with van der Waals surface area (Å²) in [6, 6.07) is 159. The molecule has 0 aliphatic heterocycles. The molecular formula is C100H92Ag6Fe4O2P4-6. The van der Waals surface area contributed by atoms with Crippen LogP contribution < -0.4 is 42.4 Å². The number of aliphatic hydroxyl groups is 2. The first-order valence-corrected chi connectivity index (χ1v) is 41.4. The van der Waals surface area contributed by atoms with E-state index >= 15 is 0 Å². The summed E-state index contributed by atoms with van der Waals surface area (Å²) in [5.41, 5.74) is 3.39. The van der Waals surface area contributed by atoms with Crippen LogP contribution in [0.15, 0.2) is 461 Å². The summed E-state index contributed by atoms with van der Waals surface area (Å²) >= 11 is 0. The first-order chi connectivity index (χ1) is 52.6. The zero-order valence-corrected chi connectivity index (χ0v) is 80.7. The number of aliphatic hydroxyl groups excluding tert-OH is 2. The molecule has 0 bridgehead atoms. The van der Waals surface area contributed by atoms with Crippen molar-refractivity contribution in [1.82, 2.24) is 0 Å². The summed E-state index contributed by atoms with van der Waals surface area (Å²) < 4.78 is 0. The van der Waals surface area contributed by atoms with Gasteiger partial charge in [-0.25, -0.2) is 97.1 Å². The van der Waals surface area contributed by atoms with Gasteiger partial charge in [0.1, 0.15) is 74.1 Å². The molecule has 0 saturated carbocycles. The Labute approximate surface area is 834 Å². The Morgan fingerprint density at radius 3 is 0.405 bits per heavy atom. The molecule has 0 spiro atoms. The summed E-state index contributed by atoms with van der Waals surface area (Å²) in [7, 11) is -1.39. The summed E-state index contributed by atoms with van der Waals surface area (Å²) in [4.78, 5) is 0. The second kappa shape index (κ2) is 83.6. The van der Waals surface area contributed by atoms with Gasteiger partial charge in [0, 0.05) is 172 Å². The fourth-order valence-electron chi connectivity index (χ4n) is 10.1. The summed E-state index contributed by atoms with van der Waals surface area (Å²) in [6.45, 7) is 0. The summed E-state index contributed by atoms with van der Waals surface area (Å²) in [6.07, 6.45) is 26.4. The van der Waals surface area contributed by atoms with E-state index in [9.17, 15) is 0 Å². The predicted molar refractivity (Wildman–Crippen MR) is 469 cm³/mol. The molecule has 0 aliphatic rings. The maximum Gasteiger partial charge on any atom is 1.00 e. The Hall–Kier alpha value is -5.04. The van der Waals surface area contributed by atoms with Crippen LogP contribution in [0.5, 0.6) is 0 Å². The average Bonchev–Trinajstić information content (AvgIpc) is 1.50. The largest absolute Gasteiger partial charge is 1.00 e. The van der Waals surface area contributed by atoms with E-state index in [0.29, 0.717) is 0 Å². The van der Waals surface area contributed by atoms with Crippen molar-refractivity contribution in [3.05, 3.63) is 509 Å². The van der Waals surface area contributed by atoms with Crippen molar-refractivity contribution in [2.45, 2.75) is 0 Å². The van der Waals surface area contributed by atoms with Gasteiger partial charge in [0.15, 0.2) is 11.8 Å². The Morgan fingerprint density at radius 1 is 0.216 bits per heavy atom. The van der Waals surface area contributed by atoms with E-state index in [1.54, 1.807) is 0 Å². The second-order valence-electron chi connectivity index (χ2n) is 22.2. The molecule has 116 heavy (non-hydrogen) atoms. The maximum absolute atomic E-state index is 7.00. The average molecular weight is 2320 g/mol. The van der Waals surface area contributed by atoms with Gasteiger partial charge in [0.05, 0.1) is 0 Å². The van der Waals surface area contributed by atoms with Crippen molar-refractivity contribution in [2.24, 2.45) is 0 Å². The zero-order valence-electron chi connectivity index (χ0n) is 63.4. The minimum atomic E-state index is -0.847. The molecule has 628 valence electrons. The Morgan fingerprint density at radius 2 is 0.328 bits per heavy atom. The molecule has 16 aromatic carbocycles. The van der Waals surface area contributed by atoms with E-state index in [0.717, 1.165) is 36.5 Å². The Bertz CT molecular complexity index is 3830. The van der Waals surface area contributed by atoms with Crippen LogP contribution in [-0.2, 0) is 203 Å². The molecule has 2 nitrogen and oxygen atoms in total. The molecule has 2 N–H and O–H groups in total. The SMILES string of the molecule is CO.CO.[Ag+].[Ag+].[Ag].[Ag].[Ag].[Ag].[C-]#C[c-]1cccc1.[C-]#C[c-]1cccc1.[C-]#C[c-]1cccc1.[C-]#C[c-]1cccc1.[Fe].[Fe].[Fe].[Fe].c1cc[cH-]c1.c1cc[cH-]c1.c1cc[cH-]c1.c1cc[cH-]c1.c1ccc([PH+](C[PH+](c2ccccc2)c2ccccc2)c2ccccc2)cc1.c1ccc([PH+](C[PH+](c2ccccc2)c2ccccc2)c2ccccc2)cc1. The third kappa shape index (κ3) is 52.9. The van der Waals surface area contributed by atoms with Crippen LogP contribution in [0.2, 0.25) is 0 Å². The molecule has 16 rings (SSSR count). The molecule has 0 unspecified atom stereocenters. The first kappa shape index (κ1) is 122. The van der Waals surface area contributed by atoms with Crippen molar-refractivity contribution in [1.29, 1.82) is 0 Å². The van der Waals surface area contributed by atoms with E-state index in [1.165, 1.54) is 54.2 Å². The van der Waals surface area contributed by atoms with E-state index in [4.69, 9.17) is 35.9 Å². The van der Waals surface area contributed by atoms with Crippen molar-refractivity contribution >= 4 is 74.1 Å². The van der Waals surface area contributed by atoms with Crippen molar-refractivity contribution in [2.75, 3.05) is 26.0 Å². The maximum atomic E-state index is 7.00. The molecule has 0 saturated heterocycles. The molecule has 0 fully saturated rings. The van der Waals surface area contributed by atoms with Gasteiger partial charge in [-0.2, -0.15) is 72.8 Å². The quantitative estimate of drug-likeness (QED) is 0.0554. The fourth-order valence-corrected chi connectivity index (χ4v) is 25.5. The Balaban J connectivity index is -0.000000310. The van der Waals surface area contributed by atoms with Gasteiger partial charge < -0.3 is 81.8 Å². The van der Waals surface area contributed by atoms with Gasteiger partial charge >= 0.3 is 44.8 Å². The van der Waals surface area contributed by atoms with Crippen LogP contribution in [0.4, 0.5) is 0 Å². The minimum Gasteiger partial charge on any atom is -0.728 e. The van der Waals surface area contributed by atoms with Crippen molar-refractivity contribution in [3.63, 3.8) is 0 Å². The normalized spacial score (nSPS) is 8.52. The number of hydrogen-bond acceptors (Lipinski definition) is 2. The summed E-state index contributed by atoms with van der Waals surface area (Å²) in [5, 5.41) is 26.0. The van der Waals surface area contributed by atoms with E-state index in [2.05, 4.69) is 266 Å². The van der Waals surface area contributed by atoms with Crippen LogP contribution in [0, 0.1) is 49.4 Å². The van der Waals surface area contributed by atoms with Crippen LogP contribution in [-0.4, -0.2) is 36.2 Å². The molecule has 4 radical (unpaired) electrons. The molecule has 0 amide bonds. The third-order valence-electron chi connectivity index (χ3n) is 15.1. The molecule has 0 aromatic heterocycles. The smallest absolute Gasteiger partial charge is 0.728 e. The van der Waals surface area contributed by atoms with Crippen LogP contribution >= 0.6 is 31.7 Å². The van der Waals surface area contributed by atoms with Gasteiger partial charge in [-0.15, -0.1) is 0 Å². The molecule has 16 aromatic rings. The zero-order chi connectivity index (χ0) is 75.2. The number of rotatable bonds is 12. The fraction of sp³-hybridized carbons (Fsp3) is 0.0400. The second-order valence-corrected chi connectivity index (χ2v) is 33.5. The molecule has 0 atom stereocenters. The van der Waals surface area contributed by atoms with Gasteiger partial charge in [-0.05, 0) is 97.1 Å². The molecule has 0 aliphatic carbocycles. The first-order valence-electron chi connectivity index (χ1n) is 34.6. The summed E-state index contributed by atoms with van der Waals surface area (Å²) in [5.74, 6) is 11.5. The standard InChI is InChI=1S/2C25H22P2.4C7H4.4C5H5.2CH4O.6Ag.4Fe/c2*1-5-13-22(14-6-1)26(23-15-7-2-8-16-23)21-27(24-17-9-3-10-18-24)25-19-11-4-12-20-25;4*1-2-7-5-3-4-6-7;4*1-2-4-5-3-1;2*1-2;;;;;;;;;;/h2*1-20H,21H2;4*3-6H;4*1-5H;2*2H,1H3;;;;;;;;;;/q;;4*-2;4*-1;;;;;;;2*+1;;;;/p+4. The van der Waals surface area contributed by atoms with Crippen LogP contribution in [0.3, 0.4) is 0 Å². The van der Waals surface area contributed by atoms with E-state index in [1.807, 2.05) is 218 Å². The van der Waals surface area contributed by atoms with Gasteiger partial charge in [0.25, 0.3) is 0 Å². The topological polar surface area (TPSA) is 40.5 Å². The number of hydrogen-bond donors (Lipinski definition) is 2. The van der Waals surface area contributed by atoms with E-state index < -0.39 is 31.7 Å². The molecule has 0 heterocycles. The van der Waals surface area contributed by atoms with Gasteiger partial charge in [-0.1, -0.05) is 194 Å². The van der Waals surface area contributed by atoms with Crippen molar-refractivity contribution in [3.8, 4) is 23.7 Å². The Kier molecular flexibility index (Phi) is 87.8. The van der Waals surface area contributed by atoms with Crippen LogP contribution in [0.1, 0.15) is 22.3 Å². The third-order valence-corrected chi connectivity index (χ3v) is 29.0. The van der Waals surface area contributed by atoms with Gasteiger partial charge in [0.2, 0.25) is 0 Å².